The van der Waals surface area contributed by atoms with Crippen molar-refractivity contribution in [3.05, 3.63) is 34.3 Å². The summed E-state index contributed by atoms with van der Waals surface area (Å²) >= 11 is 1.58. The summed E-state index contributed by atoms with van der Waals surface area (Å²) in [6, 6.07) is 3.79. The molecule has 6 heteroatoms. The maximum absolute atomic E-state index is 10.0. The maximum Gasteiger partial charge on any atom is 0.131 e. The number of anilines is 2. The van der Waals surface area contributed by atoms with Crippen molar-refractivity contribution in [2.24, 2.45) is 0 Å². The Labute approximate surface area is 123 Å². The van der Waals surface area contributed by atoms with Gasteiger partial charge in [-0.05, 0) is 35.7 Å². The fourth-order valence-corrected chi connectivity index (χ4v) is 2.49. The van der Waals surface area contributed by atoms with Crippen LogP contribution in [0.15, 0.2) is 22.9 Å². The molecule has 20 heavy (non-hydrogen) atoms. The van der Waals surface area contributed by atoms with E-state index in [1.807, 2.05) is 29.8 Å². The lowest BCUT2D eigenvalue weighted by Gasteiger charge is -2.12. The maximum atomic E-state index is 10.0. The summed E-state index contributed by atoms with van der Waals surface area (Å²) in [6.45, 7) is 5.28. The van der Waals surface area contributed by atoms with Gasteiger partial charge < -0.3 is 15.7 Å². The molecule has 0 amide bonds. The summed E-state index contributed by atoms with van der Waals surface area (Å²) in [7, 11) is 0. The van der Waals surface area contributed by atoms with Crippen molar-refractivity contribution in [1.82, 2.24) is 9.97 Å². The molecule has 5 nitrogen and oxygen atoms in total. The molecule has 1 unspecified atom stereocenters. The summed E-state index contributed by atoms with van der Waals surface area (Å²) in [4.78, 5) is 8.65. The van der Waals surface area contributed by atoms with Crippen molar-refractivity contribution in [3.8, 4) is 0 Å². The minimum Gasteiger partial charge on any atom is -0.387 e. The lowest BCUT2D eigenvalue weighted by Crippen LogP contribution is -2.13. The van der Waals surface area contributed by atoms with Gasteiger partial charge in [0.25, 0.3) is 0 Å². The second-order valence-corrected chi connectivity index (χ2v) is 5.35. The average Bonchev–Trinajstić information content (AvgIpc) is 2.96. The molecular formula is C14H20N4OS. The normalized spacial score (nSPS) is 12.2. The van der Waals surface area contributed by atoms with Crippen molar-refractivity contribution < 1.29 is 5.11 Å². The Morgan fingerprint density at radius 2 is 2.05 bits per heavy atom. The van der Waals surface area contributed by atoms with Gasteiger partial charge in [-0.3, -0.25) is 0 Å². The highest BCUT2D eigenvalue weighted by atomic mass is 32.1. The molecule has 0 aromatic carbocycles. The van der Waals surface area contributed by atoms with Gasteiger partial charge >= 0.3 is 0 Å². The fraction of sp³-hybridized carbons (Fsp3) is 0.429. The Morgan fingerprint density at radius 3 is 2.70 bits per heavy atom. The molecule has 0 aliphatic carbocycles. The number of hydrogen-bond donors (Lipinski definition) is 3. The second kappa shape index (κ2) is 7.21. The third kappa shape index (κ3) is 4.18. The van der Waals surface area contributed by atoms with Crippen LogP contribution < -0.4 is 10.6 Å². The Bertz CT molecular complexity index is 530. The van der Waals surface area contributed by atoms with E-state index in [2.05, 4.69) is 27.5 Å². The van der Waals surface area contributed by atoms with E-state index in [0.717, 1.165) is 30.2 Å². The Morgan fingerprint density at radius 1 is 1.30 bits per heavy atom. The molecule has 0 saturated heterocycles. The lowest BCUT2D eigenvalue weighted by atomic mass is 10.2. The van der Waals surface area contributed by atoms with E-state index in [9.17, 15) is 5.11 Å². The van der Waals surface area contributed by atoms with Gasteiger partial charge in [0, 0.05) is 19.2 Å². The van der Waals surface area contributed by atoms with Crippen molar-refractivity contribution >= 4 is 23.0 Å². The highest BCUT2D eigenvalue weighted by Gasteiger charge is 2.08. The summed E-state index contributed by atoms with van der Waals surface area (Å²) in [5.74, 6) is 2.25. The van der Waals surface area contributed by atoms with Gasteiger partial charge in [0.1, 0.15) is 17.5 Å². The van der Waals surface area contributed by atoms with Crippen LogP contribution in [-0.4, -0.2) is 28.2 Å². The molecule has 2 aromatic rings. The van der Waals surface area contributed by atoms with Gasteiger partial charge in [0.2, 0.25) is 0 Å². The monoisotopic (exact) mass is 292 g/mol. The molecule has 0 spiro atoms. The zero-order valence-corrected chi connectivity index (χ0v) is 12.6. The van der Waals surface area contributed by atoms with Crippen LogP contribution in [0, 0.1) is 6.92 Å². The van der Waals surface area contributed by atoms with E-state index < -0.39 is 6.10 Å². The van der Waals surface area contributed by atoms with E-state index in [1.54, 1.807) is 11.3 Å². The molecule has 2 aromatic heterocycles. The molecule has 1 atom stereocenters. The molecule has 0 radical (unpaired) electrons. The number of aliphatic hydroxyl groups is 1. The van der Waals surface area contributed by atoms with Crippen molar-refractivity contribution in [2.45, 2.75) is 26.4 Å². The zero-order valence-electron chi connectivity index (χ0n) is 11.8. The number of thiophene rings is 1. The highest BCUT2D eigenvalue weighted by molar-refractivity contribution is 7.07. The highest BCUT2D eigenvalue weighted by Crippen LogP contribution is 2.17. The number of rotatable bonds is 7. The minimum atomic E-state index is -0.524. The molecule has 3 N–H and O–H groups in total. The van der Waals surface area contributed by atoms with E-state index >= 15 is 0 Å². The van der Waals surface area contributed by atoms with Crippen LogP contribution in [0.4, 0.5) is 11.6 Å². The van der Waals surface area contributed by atoms with Gasteiger partial charge in [-0.2, -0.15) is 11.3 Å². The number of nitrogens with one attached hydrogen (secondary N) is 2. The molecule has 0 fully saturated rings. The number of nitrogens with zero attached hydrogens (tertiary/aromatic N) is 2. The molecule has 0 bridgehead atoms. The van der Waals surface area contributed by atoms with Crippen LogP contribution in [0.3, 0.4) is 0 Å². The summed E-state index contributed by atoms with van der Waals surface area (Å²) in [6.07, 6.45) is 0.520. The summed E-state index contributed by atoms with van der Waals surface area (Å²) in [5.41, 5.74) is 0.928. The summed E-state index contributed by atoms with van der Waals surface area (Å²) in [5, 5.41) is 20.3. The van der Waals surface area contributed by atoms with Gasteiger partial charge in [-0.15, -0.1) is 0 Å². The quantitative estimate of drug-likeness (QED) is 0.732. The number of hydrogen-bond acceptors (Lipinski definition) is 6. The largest absolute Gasteiger partial charge is 0.387 e. The van der Waals surface area contributed by atoms with Gasteiger partial charge in [-0.1, -0.05) is 6.92 Å². The fourth-order valence-electron chi connectivity index (χ4n) is 1.79. The number of aliphatic hydroxyl groups excluding tert-OH is 1. The second-order valence-electron chi connectivity index (χ2n) is 4.57. The first-order chi connectivity index (χ1) is 9.69. The van der Waals surface area contributed by atoms with E-state index in [4.69, 9.17) is 0 Å². The van der Waals surface area contributed by atoms with Crippen molar-refractivity contribution in [3.63, 3.8) is 0 Å². The van der Waals surface area contributed by atoms with Crippen molar-refractivity contribution in [1.29, 1.82) is 0 Å². The first kappa shape index (κ1) is 14.7. The average molecular weight is 292 g/mol. The smallest absolute Gasteiger partial charge is 0.131 e. The standard InChI is InChI=1S/C14H20N4OS/c1-3-5-15-13-7-14(18-10(2)17-13)16-8-12(19)11-4-6-20-9-11/h4,6-7,9,12,19H,3,5,8H2,1-2H3,(H2,15,16,17,18). The first-order valence-corrected chi connectivity index (χ1v) is 7.67. The molecule has 2 rings (SSSR count). The van der Waals surface area contributed by atoms with Crippen LogP contribution in [0.1, 0.15) is 30.8 Å². The van der Waals surface area contributed by atoms with E-state index in [0.29, 0.717) is 12.4 Å². The van der Waals surface area contributed by atoms with Crippen LogP contribution in [0.25, 0.3) is 0 Å². The Kier molecular flexibility index (Phi) is 5.31. The summed E-state index contributed by atoms with van der Waals surface area (Å²) < 4.78 is 0. The molecule has 0 aliphatic heterocycles. The van der Waals surface area contributed by atoms with Crippen LogP contribution in [0.2, 0.25) is 0 Å². The predicted octanol–water partition coefficient (Wildman–Crippen LogP) is 2.81. The SMILES string of the molecule is CCCNc1cc(NCC(O)c2ccsc2)nc(C)n1. The van der Waals surface area contributed by atoms with Crippen molar-refractivity contribution in [2.75, 3.05) is 23.7 Å². The molecule has 108 valence electrons. The van der Waals surface area contributed by atoms with Gasteiger partial charge in [0.05, 0.1) is 6.10 Å². The Balaban J connectivity index is 1.96. The number of aromatic nitrogens is 2. The lowest BCUT2D eigenvalue weighted by molar-refractivity contribution is 0.192. The molecular weight excluding hydrogens is 272 g/mol. The van der Waals surface area contributed by atoms with Gasteiger partial charge in [0.15, 0.2) is 0 Å². The van der Waals surface area contributed by atoms with Crippen LogP contribution in [0.5, 0.6) is 0 Å². The van der Waals surface area contributed by atoms with Crippen LogP contribution >= 0.6 is 11.3 Å². The molecule has 0 aliphatic rings. The van der Waals surface area contributed by atoms with E-state index in [-0.39, 0.29) is 0 Å². The third-order valence-corrected chi connectivity index (χ3v) is 3.50. The molecule has 0 saturated carbocycles. The topological polar surface area (TPSA) is 70.1 Å². The first-order valence-electron chi connectivity index (χ1n) is 6.72. The zero-order chi connectivity index (χ0) is 14.4. The minimum absolute atomic E-state index is 0.431. The van der Waals surface area contributed by atoms with Gasteiger partial charge in [-0.25, -0.2) is 9.97 Å². The third-order valence-electron chi connectivity index (χ3n) is 2.80. The number of aryl methyl sites for hydroxylation is 1. The predicted molar refractivity (Wildman–Crippen MR) is 83.3 cm³/mol. The van der Waals surface area contributed by atoms with E-state index in [1.165, 1.54) is 0 Å². The Hall–Kier alpha value is -1.66. The van der Waals surface area contributed by atoms with Crippen LogP contribution in [-0.2, 0) is 0 Å². The molecule has 2 heterocycles.